The maximum absolute atomic E-state index is 12.8. The number of para-hydroxylation sites is 1. The summed E-state index contributed by atoms with van der Waals surface area (Å²) in [5, 5.41) is 0. The van der Waals surface area contributed by atoms with E-state index in [1.165, 1.54) is 22.7 Å². The zero-order chi connectivity index (χ0) is 11.0. The molecule has 0 fully saturated rings. The molecule has 1 aliphatic rings. The molecule has 3 heteroatoms. The minimum absolute atomic E-state index is 0.191. The van der Waals surface area contributed by atoms with Crippen LogP contribution in [0.1, 0.15) is 0 Å². The third-order valence-corrected chi connectivity index (χ3v) is 3.69. The van der Waals surface area contributed by atoms with Crippen LogP contribution in [-0.4, -0.2) is 5.88 Å². The third kappa shape index (κ3) is 1.57. The lowest BCUT2D eigenvalue weighted by molar-refractivity contribution is 0.628. The summed E-state index contributed by atoms with van der Waals surface area (Å²) in [6.45, 7) is 0. The number of hydrogen-bond acceptors (Lipinski definition) is 2. The van der Waals surface area contributed by atoms with Crippen molar-refractivity contribution in [2.45, 2.75) is 4.90 Å². The van der Waals surface area contributed by atoms with Crippen molar-refractivity contribution < 1.29 is 4.39 Å². The summed E-state index contributed by atoms with van der Waals surface area (Å²) in [6.07, 6.45) is 0. The molecule has 0 N–H and O–H groups in total. The van der Waals surface area contributed by atoms with Gasteiger partial charge in [0.1, 0.15) is 5.82 Å². The minimum atomic E-state index is -0.191. The monoisotopic (exact) mass is 231 g/mol. The van der Waals surface area contributed by atoms with Crippen LogP contribution >= 0.6 is 11.8 Å². The quantitative estimate of drug-likeness (QED) is 0.729. The molecule has 2 aromatic rings. The predicted octanol–water partition coefficient (Wildman–Crippen LogP) is 4.03. The second kappa shape index (κ2) is 3.83. The smallest absolute Gasteiger partial charge is 0.123 e. The molecule has 2 aromatic carbocycles. The van der Waals surface area contributed by atoms with E-state index < -0.39 is 0 Å². The van der Waals surface area contributed by atoms with Crippen LogP contribution < -0.4 is 4.90 Å². The Bertz CT molecular complexity index is 510. The fourth-order valence-corrected chi connectivity index (χ4v) is 2.90. The van der Waals surface area contributed by atoms with Gasteiger partial charge in [-0.05, 0) is 36.4 Å². The number of thioether (sulfide) groups is 1. The normalized spacial score (nSPS) is 13.9. The lowest BCUT2D eigenvalue weighted by atomic mass is 10.2. The van der Waals surface area contributed by atoms with Gasteiger partial charge in [0.2, 0.25) is 0 Å². The summed E-state index contributed by atoms with van der Waals surface area (Å²) in [4.78, 5) is 3.48. The molecule has 1 heterocycles. The first-order valence-electron chi connectivity index (χ1n) is 5.09. The molecule has 0 amide bonds. The Morgan fingerprint density at radius 3 is 2.56 bits per heavy atom. The van der Waals surface area contributed by atoms with Crippen LogP contribution in [0.15, 0.2) is 53.4 Å². The first kappa shape index (κ1) is 9.73. The molecule has 1 nitrogen and oxygen atoms in total. The van der Waals surface area contributed by atoms with Gasteiger partial charge in [-0.15, -0.1) is 11.8 Å². The highest BCUT2D eigenvalue weighted by molar-refractivity contribution is 7.99. The second-order valence-corrected chi connectivity index (χ2v) is 4.63. The van der Waals surface area contributed by atoms with Crippen molar-refractivity contribution >= 4 is 23.1 Å². The predicted molar refractivity (Wildman–Crippen MR) is 65.7 cm³/mol. The van der Waals surface area contributed by atoms with E-state index in [1.54, 1.807) is 0 Å². The summed E-state index contributed by atoms with van der Waals surface area (Å²) in [5.41, 5.74) is 2.25. The molecule has 0 saturated carbocycles. The second-order valence-electron chi connectivity index (χ2n) is 3.65. The molecule has 16 heavy (non-hydrogen) atoms. The number of benzene rings is 2. The molecule has 0 bridgehead atoms. The minimum Gasteiger partial charge on any atom is -0.330 e. The first-order chi connectivity index (χ1) is 7.84. The zero-order valence-electron chi connectivity index (χ0n) is 8.56. The van der Waals surface area contributed by atoms with E-state index in [-0.39, 0.29) is 5.82 Å². The average molecular weight is 231 g/mol. The van der Waals surface area contributed by atoms with Crippen molar-refractivity contribution in [1.29, 1.82) is 0 Å². The molecule has 0 unspecified atom stereocenters. The van der Waals surface area contributed by atoms with Gasteiger partial charge in [-0.1, -0.05) is 12.1 Å². The molecule has 3 rings (SSSR count). The number of anilines is 2. The third-order valence-electron chi connectivity index (χ3n) is 2.64. The highest BCUT2D eigenvalue weighted by atomic mass is 32.2. The van der Waals surface area contributed by atoms with Crippen LogP contribution in [0.3, 0.4) is 0 Å². The van der Waals surface area contributed by atoms with Crippen molar-refractivity contribution in [3.05, 3.63) is 54.3 Å². The SMILES string of the molecule is Fc1ccc(N2CSc3ccccc32)cc1. The van der Waals surface area contributed by atoms with Gasteiger partial charge in [-0.2, -0.15) is 0 Å². The molecule has 0 atom stereocenters. The van der Waals surface area contributed by atoms with E-state index in [0.29, 0.717) is 0 Å². The Morgan fingerprint density at radius 1 is 1.00 bits per heavy atom. The summed E-state index contributed by atoms with van der Waals surface area (Å²) >= 11 is 1.81. The van der Waals surface area contributed by atoms with Crippen molar-refractivity contribution in [2.24, 2.45) is 0 Å². The van der Waals surface area contributed by atoms with Crippen molar-refractivity contribution in [1.82, 2.24) is 0 Å². The van der Waals surface area contributed by atoms with Crippen LogP contribution in [-0.2, 0) is 0 Å². The van der Waals surface area contributed by atoms with E-state index in [2.05, 4.69) is 17.0 Å². The summed E-state index contributed by atoms with van der Waals surface area (Å²) in [6, 6.07) is 14.9. The highest BCUT2D eigenvalue weighted by Gasteiger charge is 2.19. The molecule has 0 spiro atoms. The van der Waals surface area contributed by atoms with Gasteiger partial charge >= 0.3 is 0 Å². The lowest BCUT2D eigenvalue weighted by Crippen LogP contribution is -2.11. The maximum atomic E-state index is 12.8. The van der Waals surface area contributed by atoms with Gasteiger partial charge in [-0.3, -0.25) is 0 Å². The Hall–Kier alpha value is -1.48. The van der Waals surface area contributed by atoms with Crippen molar-refractivity contribution in [3.63, 3.8) is 0 Å². The Labute approximate surface area is 97.9 Å². The Morgan fingerprint density at radius 2 is 1.75 bits per heavy atom. The number of nitrogens with zero attached hydrogens (tertiary/aromatic N) is 1. The fourth-order valence-electron chi connectivity index (χ4n) is 1.84. The zero-order valence-corrected chi connectivity index (χ0v) is 9.38. The van der Waals surface area contributed by atoms with Gasteiger partial charge in [0.05, 0.1) is 11.6 Å². The van der Waals surface area contributed by atoms with Gasteiger partial charge in [0, 0.05) is 10.6 Å². The topological polar surface area (TPSA) is 3.24 Å². The van der Waals surface area contributed by atoms with Crippen LogP contribution in [0, 0.1) is 5.82 Å². The van der Waals surface area contributed by atoms with Crippen LogP contribution in [0.4, 0.5) is 15.8 Å². The molecule has 0 radical (unpaired) electrons. The van der Waals surface area contributed by atoms with E-state index >= 15 is 0 Å². The molecular formula is C13H10FNS. The number of hydrogen-bond donors (Lipinski definition) is 0. The molecule has 0 aliphatic carbocycles. The van der Waals surface area contributed by atoms with E-state index in [0.717, 1.165) is 11.6 Å². The van der Waals surface area contributed by atoms with Gasteiger partial charge in [0.25, 0.3) is 0 Å². The van der Waals surface area contributed by atoms with Crippen LogP contribution in [0.5, 0.6) is 0 Å². The molecular weight excluding hydrogens is 221 g/mol. The van der Waals surface area contributed by atoms with Gasteiger partial charge < -0.3 is 4.90 Å². The molecule has 80 valence electrons. The van der Waals surface area contributed by atoms with E-state index in [1.807, 2.05) is 36.0 Å². The van der Waals surface area contributed by atoms with E-state index in [4.69, 9.17) is 0 Å². The number of rotatable bonds is 1. The highest BCUT2D eigenvalue weighted by Crippen LogP contribution is 2.42. The van der Waals surface area contributed by atoms with E-state index in [9.17, 15) is 4.39 Å². The van der Waals surface area contributed by atoms with Gasteiger partial charge in [-0.25, -0.2) is 4.39 Å². The standard InChI is InChI=1S/C13H10FNS/c14-10-5-7-11(8-6-10)15-9-16-13-4-2-1-3-12(13)15/h1-8H,9H2. The summed E-state index contributed by atoms with van der Waals surface area (Å²) in [5.74, 6) is 0.703. The molecule has 0 aromatic heterocycles. The van der Waals surface area contributed by atoms with Crippen LogP contribution in [0.25, 0.3) is 0 Å². The molecule has 1 aliphatic heterocycles. The summed E-state index contributed by atoms with van der Waals surface area (Å²) in [7, 11) is 0. The van der Waals surface area contributed by atoms with Crippen molar-refractivity contribution in [3.8, 4) is 0 Å². The Kier molecular flexibility index (Phi) is 2.33. The molecule has 0 saturated heterocycles. The Balaban J connectivity index is 2.01. The summed E-state index contributed by atoms with van der Waals surface area (Å²) < 4.78 is 12.8. The van der Waals surface area contributed by atoms with Crippen LogP contribution in [0.2, 0.25) is 0 Å². The number of halogens is 1. The lowest BCUT2D eigenvalue weighted by Gasteiger charge is -2.18. The first-order valence-corrected chi connectivity index (χ1v) is 6.08. The number of fused-ring (bicyclic) bond motifs is 1. The largest absolute Gasteiger partial charge is 0.330 e. The average Bonchev–Trinajstić information content (AvgIpc) is 2.74. The fraction of sp³-hybridized carbons (Fsp3) is 0.0769. The maximum Gasteiger partial charge on any atom is 0.123 e. The van der Waals surface area contributed by atoms with Crippen molar-refractivity contribution in [2.75, 3.05) is 10.8 Å². The van der Waals surface area contributed by atoms with Gasteiger partial charge in [0.15, 0.2) is 0 Å².